The molecule has 19 heavy (non-hydrogen) atoms. The SMILES string of the molecule is C=C1CCC[C@]1(C)[C@@]1(C(=O)OC)CC[C@H](C)CC1=O. The van der Waals surface area contributed by atoms with Gasteiger partial charge in [0, 0.05) is 11.8 Å². The lowest BCUT2D eigenvalue weighted by atomic mass is 9.54. The zero-order valence-corrected chi connectivity index (χ0v) is 12.3. The summed E-state index contributed by atoms with van der Waals surface area (Å²) in [5, 5.41) is 0. The van der Waals surface area contributed by atoms with Gasteiger partial charge < -0.3 is 4.74 Å². The Hall–Kier alpha value is -1.12. The van der Waals surface area contributed by atoms with E-state index in [1.54, 1.807) is 0 Å². The fourth-order valence-electron chi connectivity index (χ4n) is 4.02. The van der Waals surface area contributed by atoms with Gasteiger partial charge in [0.1, 0.15) is 5.41 Å². The first-order valence-corrected chi connectivity index (χ1v) is 7.18. The van der Waals surface area contributed by atoms with E-state index in [1.165, 1.54) is 7.11 Å². The van der Waals surface area contributed by atoms with Crippen LogP contribution in [0.2, 0.25) is 0 Å². The van der Waals surface area contributed by atoms with E-state index < -0.39 is 10.8 Å². The molecule has 0 aliphatic heterocycles. The van der Waals surface area contributed by atoms with Gasteiger partial charge in [-0.3, -0.25) is 9.59 Å². The Morgan fingerprint density at radius 2 is 2.11 bits per heavy atom. The second kappa shape index (κ2) is 4.77. The van der Waals surface area contributed by atoms with Crippen LogP contribution in [-0.4, -0.2) is 18.9 Å². The van der Waals surface area contributed by atoms with E-state index in [9.17, 15) is 9.59 Å². The van der Waals surface area contributed by atoms with Gasteiger partial charge in [-0.2, -0.15) is 0 Å². The Bertz CT molecular complexity index is 426. The molecule has 2 saturated carbocycles. The minimum absolute atomic E-state index is 0.0589. The smallest absolute Gasteiger partial charge is 0.320 e. The second-order valence-corrected chi connectivity index (χ2v) is 6.46. The number of hydrogen-bond donors (Lipinski definition) is 0. The monoisotopic (exact) mass is 264 g/mol. The topological polar surface area (TPSA) is 43.4 Å². The predicted molar refractivity (Wildman–Crippen MR) is 73.6 cm³/mol. The van der Waals surface area contributed by atoms with Crippen molar-refractivity contribution in [1.82, 2.24) is 0 Å². The first-order valence-electron chi connectivity index (χ1n) is 7.18. The maximum atomic E-state index is 12.7. The van der Waals surface area contributed by atoms with E-state index in [2.05, 4.69) is 13.5 Å². The van der Waals surface area contributed by atoms with E-state index in [1.807, 2.05) is 6.92 Å². The molecule has 3 heteroatoms. The first kappa shape index (κ1) is 14.3. The number of carbonyl (C=O) groups excluding carboxylic acids is 2. The fraction of sp³-hybridized carbons (Fsp3) is 0.750. The molecule has 0 saturated heterocycles. The quantitative estimate of drug-likeness (QED) is 0.437. The Kier molecular flexibility index (Phi) is 3.59. The Labute approximate surface area is 115 Å². The third-order valence-electron chi connectivity index (χ3n) is 5.43. The van der Waals surface area contributed by atoms with Crippen molar-refractivity contribution < 1.29 is 14.3 Å². The molecule has 2 aliphatic carbocycles. The summed E-state index contributed by atoms with van der Waals surface area (Å²) in [7, 11) is 1.39. The number of methoxy groups -OCH3 is 1. The maximum absolute atomic E-state index is 12.7. The molecule has 2 rings (SSSR count). The standard InChI is InChI=1S/C16H24O3/c1-11-7-9-16(13(17)10-11,14(18)19-4)15(3)8-5-6-12(15)2/h11H,2,5-10H2,1,3-4H3/t11-,15-,16-/m0/s1. The van der Waals surface area contributed by atoms with Crippen molar-refractivity contribution in [1.29, 1.82) is 0 Å². The summed E-state index contributed by atoms with van der Waals surface area (Å²) in [6, 6.07) is 0. The van der Waals surface area contributed by atoms with Crippen LogP contribution in [0.5, 0.6) is 0 Å². The molecule has 0 aromatic rings. The lowest BCUT2D eigenvalue weighted by molar-refractivity contribution is -0.169. The number of ketones is 1. The van der Waals surface area contributed by atoms with Crippen molar-refractivity contribution >= 4 is 11.8 Å². The van der Waals surface area contributed by atoms with Crippen LogP contribution in [0.1, 0.15) is 52.4 Å². The van der Waals surface area contributed by atoms with Crippen molar-refractivity contribution in [2.24, 2.45) is 16.7 Å². The summed E-state index contributed by atoms with van der Waals surface area (Å²) >= 11 is 0. The van der Waals surface area contributed by atoms with Gasteiger partial charge in [-0.05, 0) is 38.0 Å². The highest BCUT2D eigenvalue weighted by atomic mass is 16.5. The van der Waals surface area contributed by atoms with E-state index in [0.29, 0.717) is 18.8 Å². The van der Waals surface area contributed by atoms with Crippen LogP contribution in [0.15, 0.2) is 12.2 Å². The largest absolute Gasteiger partial charge is 0.468 e. The molecule has 0 heterocycles. The minimum atomic E-state index is -0.984. The first-order chi connectivity index (χ1) is 8.88. The fourth-order valence-corrected chi connectivity index (χ4v) is 4.02. The van der Waals surface area contributed by atoms with Crippen LogP contribution in [0.4, 0.5) is 0 Å². The number of hydrogen-bond acceptors (Lipinski definition) is 3. The summed E-state index contributed by atoms with van der Waals surface area (Å²) in [5.41, 5.74) is -0.361. The summed E-state index contributed by atoms with van der Waals surface area (Å²) in [6.07, 6.45) is 4.78. The van der Waals surface area contributed by atoms with Crippen LogP contribution in [0, 0.1) is 16.7 Å². The van der Waals surface area contributed by atoms with Gasteiger partial charge in [0.05, 0.1) is 7.11 Å². The molecule has 0 aromatic heterocycles. The summed E-state index contributed by atoms with van der Waals surface area (Å²) < 4.78 is 5.02. The third-order valence-corrected chi connectivity index (χ3v) is 5.43. The van der Waals surface area contributed by atoms with Gasteiger partial charge in [0.2, 0.25) is 0 Å². The average molecular weight is 264 g/mol. The zero-order valence-electron chi connectivity index (χ0n) is 12.3. The average Bonchev–Trinajstić information content (AvgIpc) is 2.70. The van der Waals surface area contributed by atoms with E-state index in [0.717, 1.165) is 31.3 Å². The Balaban J connectivity index is 2.50. The highest BCUT2D eigenvalue weighted by Crippen LogP contribution is 2.59. The van der Waals surface area contributed by atoms with Gasteiger partial charge in [-0.1, -0.05) is 26.0 Å². The highest BCUT2D eigenvalue weighted by molar-refractivity contribution is 6.05. The minimum Gasteiger partial charge on any atom is -0.468 e. The normalized spacial score (nSPS) is 39.4. The van der Waals surface area contributed by atoms with Gasteiger partial charge in [-0.25, -0.2) is 0 Å². The van der Waals surface area contributed by atoms with Crippen molar-refractivity contribution in [3.63, 3.8) is 0 Å². The van der Waals surface area contributed by atoms with Crippen LogP contribution in [0.3, 0.4) is 0 Å². The van der Waals surface area contributed by atoms with Crippen molar-refractivity contribution in [3.05, 3.63) is 12.2 Å². The molecule has 0 aromatic carbocycles. The molecule has 0 spiro atoms. The number of Topliss-reactive ketones (excluding diaryl/α,β-unsaturated/α-hetero) is 1. The van der Waals surface area contributed by atoms with Gasteiger partial charge >= 0.3 is 5.97 Å². The molecular weight excluding hydrogens is 240 g/mol. The van der Waals surface area contributed by atoms with Crippen molar-refractivity contribution in [2.45, 2.75) is 52.4 Å². The van der Waals surface area contributed by atoms with Crippen molar-refractivity contribution in [2.75, 3.05) is 7.11 Å². The number of rotatable bonds is 2. The maximum Gasteiger partial charge on any atom is 0.320 e. The second-order valence-electron chi connectivity index (χ2n) is 6.46. The molecule has 3 nitrogen and oxygen atoms in total. The molecule has 2 fully saturated rings. The molecule has 106 valence electrons. The molecule has 0 radical (unpaired) electrons. The van der Waals surface area contributed by atoms with Gasteiger partial charge in [0.15, 0.2) is 5.78 Å². The number of carbonyl (C=O) groups is 2. The molecule has 0 unspecified atom stereocenters. The van der Waals surface area contributed by atoms with Crippen LogP contribution < -0.4 is 0 Å². The van der Waals surface area contributed by atoms with Crippen LogP contribution in [0.25, 0.3) is 0 Å². The molecule has 2 aliphatic rings. The summed E-state index contributed by atoms with van der Waals surface area (Å²) in [6.45, 7) is 8.25. The third kappa shape index (κ3) is 1.86. The van der Waals surface area contributed by atoms with E-state index in [-0.39, 0.29) is 11.8 Å². The summed E-state index contributed by atoms with van der Waals surface area (Å²) in [4.78, 5) is 25.2. The lowest BCUT2D eigenvalue weighted by Gasteiger charge is -2.47. The molecule has 0 N–H and O–H groups in total. The van der Waals surface area contributed by atoms with Gasteiger partial charge in [-0.15, -0.1) is 0 Å². The number of ether oxygens (including phenoxy) is 1. The van der Waals surface area contributed by atoms with Gasteiger partial charge in [0.25, 0.3) is 0 Å². The zero-order chi connectivity index (χ0) is 14.3. The molecule has 3 atom stereocenters. The Morgan fingerprint density at radius 1 is 1.42 bits per heavy atom. The molecule has 0 amide bonds. The highest BCUT2D eigenvalue weighted by Gasteiger charge is 2.62. The molecule has 0 bridgehead atoms. The van der Waals surface area contributed by atoms with Crippen molar-refractivity contribution in [3.8, 4) is 0 Å². The number of allylic oxidation sites excluding steroid dienone is 1. The van der Waals surface area contributed by atoms with E-state index in [4.69, 9.17) is 4.74 Å². The van der Waals surface area contributed by atoms with Crippen LogP contribution >= 0.6 is 0 Å². The molecular formula is C16H24O3. The van der Waals surface area contributed by atoms with E-state index >= 15 is 0 Å². The summed E-state index contributed by atoms with van der Waals surface area (Å²) in [5.74, 6) is 0.0714. The van der Waals surface area contributed by atoms with Crippen LogP contribution in [-0.2, 0) is 14.3 Å². The number of esters is 1. The predicted octanol–water partition coefficient (Wildman–Crippen LogP) is 3.28. The Morgan fingerprint density at radius 3 is 2.58 bits per heavy atom. The lowest BCUT2D eigenvalue weighted by Crippen LogP contribution is -2.54.